The molecule has 1 amide bonds. The summed E-state index contributed by atoms with van der Waals surface area (Å²) < 4.78 is 0. The second-order valence-corrected chi connectivity index (χ2v) is 6.42. The molecule has 7 nitrogen and oxygen atoms in total. The van der Waals surface area contributed by atoms with Crippen LogP contribution in [0.3, 0.4) is 0 Å². The number of nitrogens with two attached hydrogens (primary N) is 1. The number of aryl methyl sites for hydroxylation is 1. The molecule has 0 radical (unpaired) electrons. The summed E-state index contributed by atoms with van der Waals surface area (Å²) in [6, 6.07) is 2.06. The molecule has 0 unspecified atom stereocenters. The maximum atomic E-state index is 12.1. The minimum atomic E-state index is 0.105. The van der Waals surface area contributed by atoms with Gasteiger partial charge in [0.05, 0.1) is 11.9 Å². The van der Waals surface area contributed by atoms with Crippen LogP contribution in [0.4, 0.5) is 11.8 Å². The van der Waals surface area contributed by atoms with Crippen LogP contribution < -0.4 is 16.2 Å². The quantitative estimate of drug-likeness (QED) is 0.634. The van der Waals surface area contributed by atoms with Crippen molar-refractivity contribution in [1.82, 2.24) is 14.9 Å². The van der Waals surface area contributed by atoms with E-state index in [-0.39, 0.29) is 5.91 Å². The van der Waals surface area contributed by atoms with E-state index >= 15 is 0 Å². The minimum Gasteiger partial charge on any atom is -0.347 e. The molecule has 0 saturated carbocycles. The molecular formula is C13H18N6OS. The summed E-state index contributed by atoms with van der Waals surface area (Å²) in [5, 5.41) is 0.980. The van der Waals surface area contributed by atoms with Gasteiger partial charge in [-0.2, -0.15) is 4.98 Å². The van der Waals surface area contributed by atoms with Gasteiger partial charge in [-0.1, -0.05) is 0 Å². The Labute approximate surface area is 126 Å². The van der Waals surface area contributed by atoms with Crippen LogP contribution >= 0.6 is 11.3 Å². The lowest BCUT2D eigenvalue weighted by Gasteiger charge is -2.21. The number of anilines is 2. The number of rotatable bonds is 2. The summed E-state index contributed by atoms with van der Waals surface area (Å²) in [7, 11) is 1.84. The molecule has 1 fully saturated rings. The lowest BCUT2D eigenvalue weighted by atomic mass is 10.3. The molecule has 1 aliphatic heterocycles. The van der Waals surface area contributed by atoms with Crippen molar-refractivity contribution in [1.29, 1.82) is 0 Å². The summed E-state index contributed by atoms with van der Waals surface area (Å²) in [6.07, 6.45) is 0.919. The normalized spacial score (nSPS) is 16.4. The smallest absolute Gasteiger partial charge is 0.241 e. The number of hydrogen-bond donors (Lipinski definition) is 2. The van der Waals surface area contributed by atoms with Crippen molar-refractivity contribution in [2.75, 3.05) is 37.0 Å². The van der Waals surface area contributed by atoms with Crippen LogP contribution in [-0.4, -0.2) is 47.5 Å². The largest absolute Gasteiger partial charge is 0.347 e. The Morgan fingerprint density at radius 1 is 1.38 bits per heavy atom. The molecule has 3 heterocycles. The zero-order valence-electron chi connectivity index (χ0n) is 12.1. The van der Waals surface area contributed by atoms with Gasteiger partial charge in [0.1, 0.15) is 10.6 Å². The van der Waals surface area contributed by atoms with Crippen LogP contribution in [0, 0.1) is 6.92 Å². The van der Waals surface area contributed by atoms with Crippen LogP contribution in [-0.2, 0) is 4.79 Å². The van der Waals surface area contributed by atoms with E-state index in [1.165, 1.54) is 0 Å². The predicted octanol–water partition coefficient (Wildman–Crippen LogP) is 0.954. The first-order chi connectivity index (χ1) is 10.1. The van der Waals surface area contributed by atoms with Gasteiger partial charge in [-0.3, -0.25) is 10.2 Å². The molecule has 112 valence electrons. The number of aromatic nitrogens is 2. The third-order valence-electron chi connectivity index (χ3n) is 3.60. The topological polar surface area (TPSA) is 87.4 Å². The fourth-order valence-corrected chi connectivity index (χ4v) is 3.37. The summed E-state index contributed by atoms with van der Waals surface area (Å²) in [6.45, 7) is 3.93. The van der Waals surface area contributed by atoms with Gasteiger partial charge >= 0.3 is 0 Å². The molecule has 0 spiro atoms. The molecule has 1 saturated heterocycles. The van der Waals surface area contributed by atoms with E-state index in [0.717, 1.165) is 40.4 Å². The average Bonchev–Trinajstić information content (AvgIpc) is 2.76. The van der Waals surface area contributed by atoms with E-state index < -0.39 is 0 Å². The molecule has 3 rings (SSSR count). The highest BCUT2D eigenvalue weighted by Gasteiger charge is 2.23. The zero-order chi connectivity index (χ0) is 15.0. The third-order valence-corrected chi connectivity index (χ3v) is 4.54. The van der Waals surface area contributed by atoms with E-state index in [0.29, 0.717) is 12.5 Å². The monoisotopic (exact) mass is 306 g/mol. The van der Waals surface area contributed by atoms with E-state index in [1.54, 1.807) is 16.2 Å². The first-order valence-corrected chi connectivity index (χ1v) is 7.64. The Balaban J connectivity index is 2.07. The summed E-state index contributed by atoms with van der Waals surface area (Å²) in [5.74, 6) is 6.73. The number of hydrazine groups is 1. The number of amides is 1. The van der Waals surface area contributed by atoms with Crippen LogP contribution in [0.5, 0.6) is 0 Å². The number of nitrogen functional groups attached to an aromatic ring is 1. The Hall–Kier alpha value is -1.93. The fraction of sp³-hybridized carbons (Fsp3) is 0.462. The van der Waals surface area contributed by atoms with Crippen LogP contribution in [0.15, 0.2) is 6.07 Å². The van der Waals surface area contributed by atoms with Crippen molar-refractivity contribution in [2.24, 2.45) is 5.84 Å². The molecule has 2 aromatic rings. The maximum absolute atomic E-state index is 12.1. The summed E-state index contributed by atoms with van der Waals surface area (Å²) >= 11 is 1.60. The van der Waals surface area contributed by atoms with Gasteiger partial charge in [0.15, 0.2) is 0 Å². The Morgan fingerprint density at radius 3 is 2.95 bits per heavy atom. The molecule has 1 aliphatic rings. The first kappa shape index (κ1) is 14.0. The molecule has 0 aliphatic carbocycles. The van der Waals surface area contributed by atoms with Gasteiger partial charge in [0, 0.05) is 25.0 Å². The second kappa shape index (κ2) is 5.45. The van der Waals surface area contributed by atoms with Gasteiger partial charge in [-0.05, 0) is 19.4 Å². The van der Waals surface area contributed by atoms with Crippen molar-refractivity contribution in [3.05, 3.63) is 10.9 Å². The number of hydrogen-bond acceptors (Lipinski definition) is 7. The van der Waals surface area contributed by atoms with Gasteiger partial charge in [-0.25, -0.2) is 10.8 Å². The predicted molar refractivity (Wildman–Crippen MR) is 84.4 cm³/mol. The van der Waals surface area contributed by atoms with Crippen molar-refractivity contribution in [2.45, 2.75) is 13.3 Å². The number of nitrogens with zero attached hydrogens (tertiary/aromatic N) is 4. The molecule has 3 N–H and O–H groups in total. The lowest BCUT2D eigenvalue weighted by Crippen LogP contribution is -2.35. The molecule has 2 aromatic heterocycles. The standard InChI is InChI=1S/C13H18N6OS/c1-8-6-9-11(15-13(17-14)16-12(9)21-8)19-5-3-4-18(2)10(20)7-19/h6H,3-5,7,14H2,1-2H3,(H,15,16,17). The highest BCUT2D eigenvalue weighted by Crippen LogP contribution is 2.32. The first-order valence-electron chi connectivity index (χ1n) is 6.82. The molecule has 8 heteroatoms. The van der Waals surface area contributed by atoms with E-state index in [4.69, 9.17) is 5.84 Å². The van der Waals surface area contributed by atoms with Gasteiger partial charge in [0.2, 0.25) is 11.9 Å². The number of thiophene rings is 1. The molecule has 0 atom stereocenters. The van der Waals surface area contributed by atoms with Crippen molar-refractivity contribution >= 4 is 39.2 Å². The van der Waals surface area contributed by atoms with Crippen LogP contribution in [0.1, 0.15) is 11.3 Å². The van der Waals surface area contributed by atoms with Crippen molar-refractivity contribution in [3.8, 4) is 0 Å². The highest BCUT2D eigenvalue weighted by molar-refractivity contribution is 7.18. The summed E-state index contributed by atoms with van der Waals surface area (Å²) in [4.78, 5) is 26.8. The number of carbonyl (C=O) groups is 1. The highest BCUT2D eigenvalue weighted by atomic mass is 32.1. The fourth-order valence-electron chi connectivity index (χ4n) is 2.50. The Kier molecular flexibility index (Phi) is 3.64. The van der Waals surface area contributed by atoms with E-state index in [9.17, 15) is 4.79 Å². The lowest BCUT2D eigenvalue weighted by molar-refractivity contribution is -0.127. The SMILES string of the molecule is Cc1cc2c(N3CCCN(C)C(=O)C3)nc(NN)nc2s1. The summed E-state index contributed by atoms with van der Waals surface area (Å²) in [5.41, 5.74) is 2.51. The molecule has 0 bridgehead atoms. The molecular weight excluding hydrogens is 288 g/mol. The van der Waals surface area contributed by atoms with Crippen LogP contribution in [0.25, 0.3) is 10.2 Å². The van der Waals surface area contributed by atoms with Gasteiger partial charge in [0.25, 0.3) is 0 Å². The number of fused-ring (bicyclic) bond motifs is 1. The second-order valence-electron chi connectivity index (χ2n) is 5.18. The third kappa shape index (κ3) is 2.64. The van der Waals surface area contributed by atoms with E-state index in [2.05, 4.69) is 21.5 Å². The number of likely N-dealkylation sites (N-methyl/N-ethyl adjacent to an activating group) is 1. The zero-order valence-corrected chi connectivity index (χ0v) is 12.9. The van der Waals surface area contributed by atoms with Gasteiger partial charge in [-0.15, -0.1) is 11.3 Å². The van der Waals surface area contributed by atoms with Crippen molar-refractivity contribution in [3.63, 3.8) is 0 Å². The number of nitrogens with one attached hydrogen (secondary N) is 1. The van der Waals surface area contributed by atoms with Gasteiger partial charge < -0.3 is 9.80 Å². The average molecular weight is 306 g/mol. The minimum absolute atomic E-state index is 0.105. The maximum Gasteiger partial charge on any atom is 0.241 e. The number of carbonyl (C=O) groups excluding carboxylic acids is 1. The van der Waals surface area contributed by atoms with E-state index in [1.807, 2.05) is 18.9 Å². The molecule has 0 aromatic carbocycles. The Bertz CT molecular complexity index is 685. The van der Waals surface area contributed by atoms with Crippen LogP contribution in [0.2, 0.25) is 0 Å². The Morgan fingerprint density at radius 2 is 2.19 bits per heavy atom. The molecule has 21 heavy (non-hydrogen) atoms. The van der Waals surface area contributed by atoms with Crippen molar-refractivity contribution < 1.29 is 4.79 Å².